The molecule has 0 amide bonds. The minimum atomic E-state index is -0.0235. The van der Waals surface area contributed by atoms with Crippen molar-refractivity contribution in [1.29, 1.82) is 0 Å². The lowest BCUT2D eigenvalue weighted by atomic mass is 10.1. The highest BCUT2D eigenvalue weighted by Crippen LogP contribution is 2.38. The van der Waals surface area contributed by atoms with Crippen LogP contribution >= 0.6 is 34.5 Å². The number of hydrogen-bond donors (Lipinski definition) is 0. The third-order valence-electron chi connectivity index (χ3n) is 3.46. The molecule has 5 heteroatoms. The summed E-state index contributed by atoms with van der Waals surface area (Å²) in [5.41, 5.74) is 1.32. The van der Waals surface area contributed by atoms with Crippen LogP contribution in [0.3, 0.4) is 0 Å². The van der Waals surface area contributed by atoms with E-state index < -0.39 is 0 Å². The van der Waals surface area contributed by atoms with E-state index in [2.05, 4.69) is 22.9 Å². The molecular formula is C16H15Cl2NOS. The van der Waals surface area contributed by atoms with Gasteiger partial charge in [-0.25, -0.2) is 0 Å². The Hall–Kier alpha value is -1.000. The van der Waals surface area contributed by atoms with Gasteiger partial charge in [0.1, 0.15) is 16.9 Å². The predicted molar refractivity (Wildman–Crippen MR) is 89.6 cm³/mol. The van der Waals surface area contributed by atoms with Gasteiger partial charge < -0.3 is 4.74 Å². The second-order valence-electron chi connectivity index (χ2n) is 4.95. The van der Waals surface area contributed by atoms with Gasteiger partial charge in [-0.3, -0.25) is 4.90 Å². The predicted octanol–water partition coefficient (Wildman–Crippen LogP) is 5.18. The van der Waals surface area contributed by atoms with Crippen molar-refractivity contribution in [2.75, 3.05) is 13.1 Å². The van der Waals surface area contributed by atoms with Crippen LogP contribution in [0.2, 0.25) is 10.0 Å². The highest BCUT2D eigenvalue weighted by atomic mass is 35.5. The van der Waals surface area contributed by atoms with Crippen LogP contribution in [-0.4, -0.2) is 18.0 Å². The Bertz CT molecular complexity index is 655. The molecule has 1 aromatic carbocycles. The second-order valence-corrected chi connectivity index (χ2v) is 6.68. The average molecular weight is 340 g/mol. The van der Waals surface area contributed by atoms with Crippen molar-refractivity contribution in [3.8, 4) is 5.75 Å². The Balaban J connectivity index is 1.87. The smallest absolute Gasteiger partial charge is 0.146 e. The number of ether oxygens (including phenoxy) is 1. The zero-order valence-electron chi connectivity index (χ0n) is 11.4. The van der Waals surface area contributed by atoms with Gasteiger partial charge in [-0.05, 0) is 29.1 Å². The first-order chi connectivity index (χ1) is 10.2. The Kier molecular flexibility index (Phi) is 4.55. The molecule has 1 atom stereocenters. The average Bonchev–Trinajstić information content (AvgIpc) is 2.93. The van der Waals surface area contributed by atoms with E-state index in [0.29, 0.717) is 15.8 Å². The van der Waals surface area contributed by atoms with E-state index in [9.17, 15) is 0 Å². The molecule has 0 N–H and O–H groups in total. The normalized spacial score (nSPS) is 18.3. The van der Waals surface area contributed by atoms with Crippen LogP contribution in [0.25, 0.3) is 0 Å². The minimum absolute atomic E-state index is 0.0235. The van der Waals surface area contributed by atoms with Gasteiger partial charge in [0.05, 0.1) is 9.90 Å². The maximum absolute atomic E-state index is 6.23. The van der Waals surface area contributed by atoms with Gasteiger partial charge in [-0.15, -0.1) is 17.9 Å². The van der Waals surface area contributed by atoms with Crippen molar-refractivity contribution in [2.45, 2.75) is 12.6 Å². The van der Waals surface area contributed by atoms with Gasteiger partial charge in [-0.1, -0.05) is 35.3 Å². The van der Waals surface area contributed by atoms with E-state index >= 15 is 0 Å². The van der Waals surface area contributed by atoms with Crippen LogP contribution in [0.1, 0.15) is 16.5 Å². The summed E-state index contributed by atoms with van der Waals surface area (Å²) in [4.78, 5) is 3.58. The number of hydrogen-bond acceptors (Lipinski definition) is 3. The fourth-order valence-corrected chi connectivity index (χ4v) is 3.80. The first-order valence-electron chi connectivity index (χ1n) is 6.69. The fraction of sp³-hybridized carbons (Fsp3) is 0.250. The molecule has 21 heavy (non-hydrogen) atoms. The molecule has 1 unspecified atom stereocenters. The monoisotopic (exact) mass is 339 g/mol. The van der Waals surface area contributed by atoms with Gasteiger partial charge in [0.2, 0.25) is 0 Å². The van der Waals surface area contributed by atoms with Crippen LogP contribution in [-0.2, 0) is 6.54 Å². The van der Waals surface area contributed by atoms with Crippen molar-refractivity contribution in [3.63, 3.8) is 0 Å². The van der Waals surface area contributed by atoms with E-state index in [1.807, 2.05) is 18.2 Å². The van der Waals surface area contributed by atoms with Crippen molar-refractivity contribution < 1.29 is 4.74 Å². The number of halogens is 2. The Labute approximate surface area is 138 Å². The molecule has 0 saturated carbocycles. The van der Waals surface area contributed by atoms with Gasteiger partial charge in [-0.2, -0.15) is 0 Å². The largest absolute Gasteiger partial charge is 0.482 e. The van der Waals surface area contributed by atoms with E-state index in [-0.39, 0.29) is 6.10 Å². The van der Waals surface area contributed by atoms with Crippen LogP contribution in [0.15, 0.2) is 42.3 Å². The number of benzene rings is 1. The Morgan fingerprint density at radius 2 is 2.24 bits per heavy atom. The van der Waals surface area contributed by atoms with E-state index in [1.165, 1.54) is 10.4 Å². The van der Waals surface area contributed by atoms with Crippen molar-refractivity contribution in [2.24, 2.45) is 0 Å². The van der Waals surface area contributed by atoms with Gasteiger partial charge >= 0.3 is 0 Å². The van der Waals surface area contributed by atoms with Crippen LogP contribution in [0.4, 0.5) is 0 Å². The molecule has 1 aliphatic rings. The zero-order chi connectivity index (χ0) is 14.8. The summed E-state index contributed by atoms with van der Waals surface area (Å²) in [6, 6.07) is 7.63. The Morgan fingerprint density at radius 1 is 1.38 bits per heavy atom. The van der Waals surface area contributed by atoms with E-state index in [0.717, 1.165) is 19.6 Å². The number of thiophene rings is 1. The lowest BCUT2D eigenvalue weighted by Crippen LogP contribution is -2.35. The van der Waals surface area contributed by atoms with Crippen LogP contribution in [0.5, 0.6) is 5.75 Å². The number of fused-ring (bicyclic) bond motifs is 1. The summed E-state index contributed by atoms with van der Waals surface area (Å²) in [6.45, 7) is 6.42. The standard InChI is InChI=1S/C16H15Cl2NOS/c1-2-7-19-9-11-6-8-21-16(11)14(10-19)20-13-5-3-4-12(17)15(13)18/h2-6,8,14H,1,7,9-10H2. The molecule has 0 radical (unpaired) electrons. The molecule has 0 bridgehead atoms. The minimum Gasteiger partial charge on any atom is -0.482 e. The SMILES string of the molecule is C=CCN1Cc2ccsc2C(Oc2cccc(Cl)c2Cl)C1. The molecule has 110 valence electrons. The lowest BCUT2D eigenvalue weighted by molar-refractivity contribution is 0.123. The lowest BCUT2D eigenvalue weighted by Gasteiger charge is -2.32. The topological polar surface area (TPSA) is 12.5 Å². The first-order valence-corrected chi connectivity index (χ1v) is 8.32. The molecular weight excluding hydrogens is 325 g/mol. The maximum atomic E-state index is 6.23. The van der Waals surface area contributed by atoms with Crippen molar-refractivity contribution >= 4 is 34.5 Å². The van der Waals surface area contributed by atoms with Crippen molar-refractivity contribution in [3.05, 3.63) is 62.8 Å². The molecule has 2 nitrogen and oxygen atoms in total. The molecule has 0 spiro atoms. The van der Waals surface area contributed by atoms with Crippen molar-refractivity contribution in [1.82, 2.24) is 4.90 Å². The molecule has 1 aliphatic heterocycles. The third kappa shape index (κ3) is 3.11. The number of nitrogens with zero attached hydrogens (tertiary/aromatic N) is 1. The summed E-state index contributed by atoms with van der Waals surface area (Å²) < 4.78 is 6.15. The second kappa shape index (κ2) is 6.41. The Morgan fingerprint density at radius 3 is 3.05 bits per heavy atom. The number of rotatable bonds is 4. The summed E-state index contributed by atoms with van der Waals surface area (Å²) >= 11 is 14.0. The zero-order valence-corrected chi connectivity index (χ0v) is 13.7. The summed E-state index contributed by atoms with van der Waals surface area (Å²) in [5, 5.41) is 3.09. The fourth-order valence-electron chi connectivity index (χ4n) is 2.52. The highest BCUT2D eigenvalue weighted by Gasteiger charge is 2.28. The first kappa shape index (κ1) is 14.9. The summed E-state index contributed by atoms with van der Waals surface area (Å²) in [6.07, 6.45) is 1.89. The van der Waals surface area contributed by atoms with Crippen LogP contribution < -0.4 is 4.74 Å². The molecule has 3 rings (SSSR count). The third-order valence-corrected chi connectivity index (χ3v) is 5.32. The highest BCUT2D eigenvalue weighted by molar-refractivity contribution is 7.10. The summed E-state index contributed by atoms with van der Waals surface area (Å²) in [7, 11) is 0. The van der Waals surface area contributed by atoms with Crippen LogP contribution in [0, 0.1) is 0 Å². The molecule has 0 saturated heterocycles. The molecule has 0 aliphatic carbocycles. The van der Waals surface area contributed by atoms with Gasteiger partial charge in [0.25, 0.3) is 0 Å². The molecule has 2 aromatic rings. The van der Waals surface area contributed by atoms with Gasteiger partial charge in [0, 0.05) is 19.6 Å². The molecule has 0 fully saturated rings. The van der Waals surface area contributed by atoms with E-state index in [1.54, 1.807) is 17.4 Å². The quantitative estimate of drug-likeness (QED) is 0.712. The molecule has 2 heterocycles. The van der Waals surface area contributed by atoms with E-state index in [4.69, 9.17) is 27.9 Å². The van der Waals surface area contributed by atoms with Gasteiger partial charge in [0.15, 0.2) is 0 Å². The maximum Gasteiger partial charge on any atom is 0.146 e. The molecule has 1 aromatic heterocycles. The summed E-state index contributed by atoms with van der Waals surface area (Å²) in [5.74, 6) is 0.633.